The Morgan fingerprint density at radius 3 is 2.88 bits per heavy atom. The SMILES string of the molecule is Cl.O=C(CC1CSCCN1)NC1CC(=O)N(CCOc2ccccc2)C1. The van der Waals surface area contributed by atoms with Gasteiger partial charge in [-0.1, -0.05) is 18.2 Å². The van der Waals surface area contributed by atoms with Crippen LogP contribution in [0.15, 0.2) is 30.3 Å². The average molecular weight is 400 g/mol. The van der Waals surface area contributed by atoms with Crippen LogP contribution in [-0.2, 0) is 9.59 Å². The lowest BCUT2D eigenvalue weighted by atomic mass is 10.2. The first-order chi connectivity index (χ1) is 12.2. The molecular formula is C18H26ClN3O3S. The van der Waals surface area contributed by atoms with E-state index in [1.54, 1.807) is 4.90 Å². The second-order valence-electron chi connectivity index (χ2n) is 6.40. The zero-order valence-corrected chi connectivity index (χ0v) is 16.3. The van der Waals surface area contributed by atoms with Crippen LogP contribution in [0, 0.1) is 0 Å². The highest BCUT2D eigenvalue weighted by Gasteiger charge is 2.30. The van der Waals surface area contributed by atoms with Crippen molar-refractivity contribution in [1.82, 2.24) is 15.5 Å². The van der Waals surface area contributed by atoms with Gasteiger partial charge in [-0.05, 0) is 12.1 Å². The maximum atomic E-state index is 12.2. The predicted molar refractivity (Wildman–Crippen MR) is 106 cm³/mol. The van der Waals surface area contributed by atoms with E-state index in [1.165, 1.54) is 0 Å². The number of likely N-dealkylation sites (tertiary alicyclic amines) is 1. The second kappa shape index (κ2) is 10.6. The smallest absolute Gasteiger partial charge is 0.224 e. The van der Waals surface area contributed by atoms with Crippen LogP contribution in [0.1, 0.15) is 12.8 Å². The summed E-state index contributed by atoms with van der Waals surface area (Å²) in [6.45, 7) is 2.52. The molecule has 3 rings (SSSR count). The van der Waals surface area contributed by atoms with Crippen molar-refractivity contribution in [3.8, 4) is 5.75 Å². The number of amides is 2. The molecule has 144 valence electrons. The largest absolute Gasteiger partial charge is 0.492 e. The van der Waals surface area contributed by atoms with Crippen LogP contribution in [0.4, 0.5) is 0 Å². The first-order valence-corrected chi connectivity index (χ1v) is 9.92. The number of nitrogens with one attached hydrogen (secondary N) is 2. The Hall–Kier alpha value is -1.44. The molecule has 2 heterocycles. The van der Waals surface area contributed by atoms with Crippen molar-refractivity contribution in [2.24, 2.45) is 0 Å². The quantitative estimate of drug-likeness (QED) is 0.723. The summed E-state index contributed by atoms with van der Waals surface area (Å²) < 4.78 is 5.64. The average Bonchev–Trinajstić information content (AvgIpc) is 2.96. The second-order valence-corrected chi connectivity index (χ2v) is 7.55. The molecule has 2 aliphatic rings. The fourth-order valence-corrected chi connectivity index (χ4v) is 4.09. The van der Waals surface area contributed by atoms with Crippen molar-refractivity contribution >= 4 is 36.0 Å². The van der Waals surface area contributed by atoms with Crippen LogP contribution in [0.25, 0.3) is 0 Å². The standard InChI is InChI=1S/C18H25N3O3S.ClH/c22-17(10-15-13-25-9-6-19-15)20-14-11-18(23)21(12-14)7-8-24-16-4-2-1-3-5-16;/h1-5,14-15,19H,6-13H2,(H,20,22);1H. The molecule has 2 fully saturated rings. The third-order valence-corrected chi connectivity index (χ3v) is 5.51. The Balaban J connectivity index is 0.00000243. The van der Waals surface area contributed by atoms with Crippen LogP contribution >= 0.6 is 24.2 Å². The molecule has 2 aliphatic heterocycles. The number of carbonyl (C=O) groups excluding carboxylic acids is 2. The van der Waals surface area contributed by atoms with Gasteiger partial charge in [0.1, 0.15) is 12.4 Å². The molecule has 0 spiro atoms. The summed E-state index contributed by atoms with van der Waals surface area (Å²) in [6.07, 6.45) is 0.860. The molecule has 2 N–H and O–H groups in total. The number of carbonyl (C=O) groups is 2. The minimum absolute atomic E-state index is 0. The topological polar surface area (TPSA) is 70.7 Å². The Kier molecular flexibility index (Phi) is 8.54. The number of thioether (sulfide) groups is 1. The lowest BCUT2D eigenvalue weighted by molar-refractivity contribution is -0.128. The minimum atomic E-state index is -0.0898. The minimum Gasteiger partial charge on any atom is -0.492 e. The van der Waals surface area contributed by atoms with Crippen LogP contribution in [-0.4, -0.2) is 66.5 Å². The molecule has 2 atom stereocenters. The third-order valence-electron chi connectivity index (χ3n) is 4.38. The zero-order valence-electron chi connectivity index (χ0n) is 14.7. The predicted octanol–water partition coefficient (Wildman–Crippen LogP) is 1.30. The monoisotopic (exact) mass is 399 g/mol. The van der Waals surface area contributed by atoms with Gasteiger partial charge in [-0.25, -0.2) is 0 Å². The number of halogens is 1. The van der Waals surface area contributed by atoms with Gasteiger partial charge in [0.25, 0.3) is 0 Å². The number of para-hydroxylation sites is 1. The molecule has 2 unspecified atom stereocenters. The van der Waals surface area contributed by atoms with E-state index in [4.69, 9.17) is 4.74 Å². The summed E-state index contributed by atoms with van der Waals surface area (Å²) in [7, 11) is 0. The van der Waals surface area contributed by atoms with Crippen molar-refractivity contribution in [3.63, 3.8) is 0 Å². The van der Waals surface area contributed by atoms with Crippen LogP contribution in [0.3, 0.4) is 0 Å². The van der Waals surface area contributed by atoms with Crippen molar-refractivity contribution in [1.29, 1.82) is 0 Å². The normalized spacial score (nSPS) is 22.6. The fraction of sp³-hybridized carbons (Fsp3) is 0.556. The van der Waals surface area contributed by atoms with Gasteiger partial charge >= 0.3 is 0 Å². The van der Waals surface area contributed by atoms with Gasteiger partial charge < -0.3 is 20.3 Å². The highest BCUT2D eigenvalue weighted by Crippen LogP contribution is 2.14. The van der Waals surface area contributed by atoms with Gasteiger partial charge in [0.2, 0.25) is 11.8 Å². The fourth-order valence-electron chi connectivity index (χ4n) is 3.14. The van der Waals surface area contributed by atoms with Gasteiger partial charge in [-0.2, -0.15) is 11.8 Å². The maximum absolute atomic E-state index is 12.2. The lowest BCUT2D eigenvalue weighted by Gasteiger charge is -2.23. The van der Waals surface area contributed by atoms with Gasteiger partial charge in [-0.15, -0.1) is 12.4 Å². The third kappa shape index (κ3) is 6.37. The zero-order chi connectivity index (χ0) is 17.5. The first kappa shape index (κ1) is 20.9. The Bertz CT molecular complexity index is 584. The number of benzene rings is 1. The summed E-state index contributed by atoms with van der Waals surface area (Å²) in [5.74, 6) is 2.99. The van der Waals surface area contributed by atoms with Crippen molar-refractivity contribution in [2.75, 3.05) is 37.7 Å². The maximum Gasteiger partial charge on any atom is 0.224 e. The van der Waals surface area contributed by atoms with E-state index in [1.807, 2.05) is 42.1 Å². The Labute approximate surface area is 164 Å². The number of hydrogen-bond donors (Lipinski definition) is 2. The molecule has 1 aromatic rings. The van der Waals surface area contributed by atoms with Crippen LogP contribution in [0.5, 0.6) is 5.75 Å². The van der Waals surface area contributed by atoms with Crippen molar-refractivity contribution in [3.05, 3.63) is 30.3 Å². The number of ether oxygens (including phenoxy) is 1. The molecule has 8 heteroatoms. The van der Waals surface area contributed by atoms with E-state index in [2.05, 4.69) is 10.6 Å². The van der Waals surface area contributed by atoms with E-state index >= 15 is 0 Å². The molecular weight excluding hydrogens is 374 g/mol. The highest BCUT2D eigenvalue weighted by molar-refractivity contribution is 7.99. The summed E-state index contributed by atoms with van der Waals surface area (Å²) in [5, 5.41) is 6.36. The molecule has 0 saturated carbocycles. The van der Waals surface area contributed by atoms with E-state index in [-0.39, 0.29) is 36.3 Å². The van der Waals surface area contributed by atoms with E-state index in [0.717, 1.165) is 23.8 Å². The van der Waals surface area contributed by atoms with Crippen molar-refractivity contribution < 1.29 is 14.3 Å². The van der Waals surface area contributed by atoms with Gasteiger partial charge in [-0.3, -0.25) is 9.59 Å². The molecule has 1 aromatic carbocycles. The van der Waals surface area contributed by atoms with Gasteiger partial charge in [0.05, 0.1) is 12.6 Å². The first-order valence-electron chi connectivity index (χ1n) is 8.77. The molecule has 0 aromatic heterocycles. The highest BCUT2D eigenvalue weighted by atomic mass is 35.5. The summed E-state index contributed by atoms with van der Waals surface area (Å²) in [4.78, 5) is 26.0. The molecule has 6 nitrogen and oxygen atoms in total. The van der Waals surface area contributed by atoms with Gasteiger partial charge in [0, 0.05) is 43.5 Å². The summed E-state index contributed by atoms with van der Waals surface area (Å²) in [5.41, 5.74) is 0. The van der Waals surface area contributed by atoms with Crippen molar-refractivity contribution in [2.45, 2.75) is 24.9 Å². The van der Waals surface area contributed by atoms with Gasteiger partial charge in [0.15, 0.2) is 0 Å². The summed E-state index contributed by atoms with van der Waals surface area (Å²) in [6, 6.07) is 9.72. The van der Waals surface area contributed by atoms with E-state index in [9.17, 15) is 9.59 Å². The molecule has 0 bridgehead atoms. The number of hydrogen-bond acceptors (Lipinski definition) is 5. The Morgan fingerprint density at radius 2 is 2.15 bits per heavy atom. The molecule has 2 amide bonds. The van der Waals surface area contributed by atoms with Crippen LogP contribution < -0.4 is 15.4 Å². The molecule has 26 heavy (non-hydrogen) atoms. The lowest BCUT2D eigenvalue weighted by Crippen LogP contribution is -2.44. The number of nitrogens with zero attached hydrogens (tertiary/aromatic N) is 1. The van der Waals surface area contributed by atoms with Crippen LogP contribution in [0.2, 0.25) is 0 Å². The number of rotatable bonds is 7. The van der Waals surface area contributed by atoms with E-state index in [0.29, 0.717) is 32.5 Å². The summed E-state index contributed by atoms with van der Waals surface area (Å²) >= 11 is 1.88. The van der Waals surface area contributed by atoms with E-state index < -0.39 is 0 Å². The molecule has 2 saturated heterocycles. The molecule has 0 aliphatic carbocycles. The molecule has 0 radical (unpaired) electrons. The Morgan fingerprint density at radius 1 is 1.35 bits per heavy atom.